The maximum Gasteiger partial charge on any atom is 0.429 e. The molecule has 240 valence electrons. The van der Waals surface area contributed by atoms with Crippen molar-refractivity contribution in [2.75, 3.05) is 36.5 Å². The molecule has 45 heavy (non-hydrogen) atoms. The van der Waals surface area contributed by atoms with Crippen LogP contribution in [0.15, 0.2) is 59.5 Å². The molecule has 0 radical (unpaired) electrons. The fraction of sp³-hybridized carbons (Fsp3) is 0.387. The van der Waals surface area contributed by atoms with Crippen molar-refractivity contribution >= 4 is 33.6 Å². The highest BCUT2D eigenvalue weighted by Crippen LogP contribution is 2.43. The maximum atomic E-state index is 14.8. The number of halogens is 3. The molecule has 14 heteroatoms. The Hall–Kier alpha value is -4.17. The first-order valence-corrected chi connectivity index (χ1v) is 16.2. The Bertz CT molecular complexity index is 1720. The number of nitrogen functional groups attached to an aromatic ring is 1. The SMILES string of the molecule is C/C=C/c1ccc(-c2cccc(S(C)(=O)=O)c2)c(C(Oc2cc(N3CCC4(CC3)CNC(C(=O)O)C4)nc(N)n2)C(F)(F)F)c1. The van der Waals surface area contributed by atoms with Gasteiger partial charge in [0, 0.05) is 37.5 Å². The highest BCUT2D eigenvalue weighted by molar-refractivity contribution is 7.90. The van der Waals surface area contributed by atoms with Crippen molar-refractivity contribution in [1.29, 1.82) is 0 Å². The van der Waals surface area contributed by atoms with Crippen LogP contribution >= 0.6 is 0 Å². The summed E-state index contributed by atoms with van der Waals surface area (Å²) in [6.45, 7) is 3.31. The van der Waals surface area contributed by atoms with Crippen molar-refractivity contribution in [2.24, 2.45) is 5.41 Å². The number of hydrogen-bond acceptors (Lipinski definition) is 9. The lowest BCUT2D eigenvalue weighted by molar-refractivity contribution is -0.198. The summed E-state index contributed by atoms with van der Waals surface area (Å²) in [5, 5.41) is 12.4. The van der Waals surface area contributed by atoms with Gasteiger partial charge in [-0.05, 0) is 66.5 Å². The number of rotatable bonds is 8. The molecule has 5 rings (SSSR count). The number of sulfone groups is 1. The number of ether oxygens (including phenoxy) is 1. The summed E-state index contributed by atoms with van der Waals surface area (Å²) >= 11 is 0. The van der Waals surface area contributed by atoms with Crippen molar-refractivity contribution in [3.63, 3.8) is 0 Å². The molecule has 1 spiro atoms. The Morgan fingerprint density at radius 1 is 1.18 bits per heavy atom. The van der Waals surface area contributed by atoms with Crippen molar-refractivity contribution in [2.45, 2.75) is 49.4 Å². The van der Waals surface area contributed by atoms with Crippen molar-refractivity contribution in [3.8, 4) is 17.0 Å². The van der Waals surface area contributed by atoms with Gasteiger partial charge in [0.2, 0.25) is 17.9 Å². The smallest absolute Gasteiger partial charge is 0.429 e. The third kappa shape index (κ3) is 7.22. The van der Waals surface area contributed by atoms with Gasteiger partial charge in [-0.1, -0.05) is 36.4 Å². The number of piperidine rings is 1. The number of nitrogens with two attached hydrogens (primary N) is 1. The Morgan fingerprint density at radius 3 is 2.53 bits per heavy atom. The van der Waals surface area contributed by atoms with E-state index >= 15 is 0 Å². The summed E-state index contributed by atoms with van der Waals surface area (Å²) in [5.41, 5.74) is 6.44. The van der Waals surface area contributed by atoms with Gasteiger partial charge in [0.05, 0.1) is 4.90 Å². The van der Waals surface area contributed by atoms with Gasteiger partial charge in [0.25, 0.3) is 0 Å². The third-order valence-electron chi connectivity index (χ3n) is 8.34. The predicted molar refractivity (Wildman–Crippen MR) is 163 cm³/mol. The molecule has 2 aliphatic rings. The third-order valence-corrected chi connectivity index (χ3v) is 9.45. The number of anilines is 2. The van der Waals surface area contributed by atoms with Crippen LogP contribution in [0.3, 0.4) is 0 Å². The lowest BCUT2D eigenvalue weighted by Gasteiger charge is -2.39. The largest absolute Gasteiger partial charge is 0.480 e. The number of carbonyl (C=O) groups is 1. The van der Waals surface area contributed by atoms with Crippen molar-refractivity contribution < 1.29 is 36.2 Å². The van der Waals surface area contributed by atoms with Crippen LogP contribution in [0.4, 0.5) is 24.9 Å². The van der Waals surface area contributed by atoms with E-state index in [1.54, 1.807) is 31.2 Å². The van der Waals surface area contributed by atoms with Gasteiger partial charge in [-0.3, -0.25) is 4.79 Å². The molecule has 2 saturated heterocycles. The van der Waals surface area contributed by atoms with Gasteiger partial charge in [-0.15, -0.1) is 0 Å². The molecule has 4 N–H and O–H groups in total. The minimum atomic E-state index is -4.90. The number of nitrogens with zero attached hydrogens (tertiary/aromatic N) is 3. The van der Waals surface area contributed by atoms with Gasteiger partial charge in [0.1, 0.15) is 11.9 Å². The van der Waals surface area contributed by atoms with Crippen LogP contribution in [0, 0.1) is 5.41 Å². The zero-order valence-corrected chi connectivity index (χ0v) is 25.5. The second-order valence-electron chi connectivity index (χ2n) is 11.6. The van der Waals surface area contributed by atoms with E-state index in [0.29, 0.717) is 50.3 Å². The minimum Gasteiger partial charge on any atom is -0.480 e. The lowest BCUT2D eigenvalue weighted by atomic mass is 9.76. The lowest BCUT2D eigenvalue weighted by Crippen LogP contribution is -2.41. The van der Waals surface area contributed by atoms with Gasteiger partial charge in [-0.25, -0.2) is 8.42 Å². The second kappa shape index (κ2) is 12.3. The van der Waals surface area contributed by atoms with Crippen LogP contribution in [0.2, 0.25) is 0 Å². The number of benzene rings is 2. The molecule has 2 fully saturated rings. The van der Waals surface area contributed by atoms with Crippen molar-refractivity contribution in [1.82, 2.24) is 15.3 Å². The average Bonchev–Trinajstić information content (AvgIpc) is 3.39. The summed E-state index contributed by atoms with van der Waals surface area (Å²) in [6.07, 6.45) is -1.17. The zero-order valence-electron chi connectivity index (χ0n) is 24.7. The molecule has 0 saturated carbocycles. The monoisotopic (exact) mass is 645 g/mol. The molecule has 10 nitrogen and oxygen atoms in total. The van der Waals surface area contributed by atoms with E-state index in [0.717, 1.165) is 6.26 Å². The van der Waals surface area contributed by atoms with Crippen LogP contribution in [0.1, 0.15) is 43.4 Å². The highest BCUT2D eigenvalue weighted by Gasteiger charge is 2.46. The Balaban J connectivity index is 1.48. The van der Waals surface area contributed by atoms with Crippen LogP contribution in [-0.4, -0.2) is 67.6 Å². The quantitative estimate of drug-likeness (QED) is 0.310. The van der Waals surface area contributed by atoms with Crippen LogP contribution < -0.4 is 20.7 Å². The van der Waals surface area contributed by atoms with E-state index in [1.807, 2.05) is 4.90 Å². The fourth-order valence-corrected chi connectivity index (χ4v) is 6.68. The Morgan fingerprint density at radius 2 is 1.91 bits per heavy atom. The Kier molecular flexibility index (Phi) is 8.82. The zero-order chi connectivity index (χ0) is 32.6. The summed E-state index contributed by atoms with van der Waals surface area (Å²) in [6, 6.07) is 10.9. The number of allylic oxidation sites excluding steroid dienone is 1. The standard InChI is InChI=1S/C31H34F3N5O5S/c1-3-5-19-8-9-22(20-6-4-7-21(15-20)45(2,42)43)23(14-19)27(31(32,33)34)44-26-16-25(37-29(35)38-26)39-12-10-30(11-13-39)17-24(28(40)41)36-18-30/h3-9,14-16,24,27,36H,10-13,17-18H2,1-2H3,(H,40,41)(H2,35,37,38)/b5-3+. The molecule has 3 aromatic rings. The molecule has 2 aliphatic heterocycles. The van der Waals surface area contributed by atoms with Gasteiger partial charge in [-0.2, -0.15) is 23.1 Å². The van der Waals surface area contributed by atoms with Crippen LogP contribution in [0.25, 0.3) is 17.2 Å². The average molecular weight is 646 g/mol. The van der Waals surface area contributed by atoms with Crippen molar-refractivity contribution in [3.05, 3.63) is 65.7 Å². The fourth-order valence-electron chi connectivity index (χ4n) is 6.01. The molecular formula is C31H34F3N5O5S. The normalized spacial score (nSPS) is 19.2. The predicted octanol–water partition coefficient (Wildman–Crippen LogP) is 4.88. The first kappa shape index (κ1) is 32.2. The molecule has 2 unspecified atom stereocenters. The first-order chi connectivity index (χ1) is 21.2. The van der Waals surface area contributed by atoms with E-state index < -0.39 is 34.1 Å². The second-order valence-corrected chi connectivity index (χ2v) is 13.6. The molecule has 0 aliphatic carbocycles. The minimum absolute atomic E-state index is 0.0312. The number of nitrogens with one attached hydrogen (secondary N) is 1. The summed E-state index contributed by atoms with van der Waals surface area (Å²) in [7, 11) is -3.62. The van der Waals surface area contributed by atoms with E-state index in [-0.39, 0.29) is 38.8 Å². The molecule has 3 heterocycles. The van der Waals surface area contributed by atoms with E-state index in [1.165, 1.54) is 36.4 Å². The van der Waals surface area contributed by atoms with E-state index in [2.05, 4.69) is 15.3 Å². The summed E-state index contributed by atoms with van der Waals surface area (Å²) < 4.78 is 74.5. The molecule has 0 amide bonds. The number of aromatic nitrogens is 2. The highest BCUT2D eigenvalue weighted by atomic mass is 32.2. The van der Waals surface area contributed by atoms with Crippen LogP contribution in [-0.2, 0) is 14.6 Å². The van der Waals surface area contributed by atoms with Gasteiger partial charge >= 0.3 is 12.1 Å². The number of alkyl halides is 3. The topological polar surface area (TPSA) is 148 Å². The van der Waals surface area contributed by atoms with E-state index in [4.69, 9.17) is 10.5 Å². The number of hydrogen-bond donors (Lipinski definition) is 3. The molecule has 0 bridgehead atoms. The number of aliphatic carboxylic acids is 1. The molecular weight excluding hydrogens is 611 g/mol. The van der Waals surface area contributed by atoms with Gasteiger partial charge < -0.3 is 25.8 Å². The van der Waals surface area contributed by atoms with Gasteiger partial charge in [0.15, 0.2) is 9.84 Å². The van der Waals surface area contributed by atoms with Crippen LogP contribution in [0.5, 0.6) is 5.88 Å². The molecule has 2 atom stereocenters. The number of carboxylic acid groups (broad SMARTS) is 1. The maximum absolute atomic E-state index is 14.8. The molecule has 1 aromatic heterocycles. The van der Waals surface area contributed by atoms with E-state index in [9.17, 15) is 31.5 Å². The first-order valence-electron chi connectivity index (χ1n) is 14.3. The number of carboxylic acids is 1. The summed E-state index contributed by atoms with van der Waals surface area (Å²) in [5.74, 6) is -1.22. The Labute approximate surface area is 259 Å². The summed E-state index contributed by atoms with van der Waals surface area (Å²) in [4.78, 5) is 21.5. The molecule has 2 aromatic carbocycles.